The third-order valence-electron chi connectivity index (χ3n) is 3.87. The van der Waals surface area contributed by atoms with E-state index in [4.69, 9.17) is 4.74 Å². The van der Waals surface area contributed by atoms with E-state index in [2.05, 4.69) is 10.6 Å². The van der Waals surface area contributed by atoms with E-state index < -0.39 is 17.9 Å². The first-order valence-corrected chi connectivity index (χ1v) is 8.41. The molecule has 0 spiro atoms. The summed E-state index contributed by atoms with van der Waals surface area (Å²) < 4.78 is 5.05. The molecule has 7 nitrogen and oxygen atoms in total. The lowest BCUT2D eigenvalue weighted by atomic mass is 10.1. The van der Waals surface area contributed by atoms with Crippen molar-refractivity contribution in [3.63, 3.8) is 0 Å². The monoisotopic (exact) mass is 369 g/mol. The van der Waals surface area contributed by atoms with Gasteiger partial charge in [0.2, 0.25) is 11.8 Å². The number of ether oxygens (including phenoxy) is 1. The van der Waals surface area contributed by atoms with Crippen LogP contribution in [0.2, 0.25) is 0 Å². The van der Waals surface area contributed by atoms with E-state index in [1.54, 1.807) is 55.6 Å². The Morgan fingerprint density at radius 2 is 1.63 bits per heavy atom. The summed E-state index contributed by atoms with van der Waals surface area (Å²) in [6.45, 7) is -0.312. The van der Waals surface area contributed by atoms with Gasteiger partial charge in [-0.15, -0.1) is 0 Å². The second-order valence-corrected chi connectivity index (χ2v) is 5.93. The zero-order valence-corrected chi connectivity index (χ0v) is 14.9. The molecule has 2 amide bonds. The average molecular weight is 369 g/mol. The second kappa shape index (κ2) is 9.96. The molecule has 2 aromatic rings. The molecule has 1 atom stereocenters. The van der Waals surface area contributed by atoms with Crippen molar-refractivity contribution in [2.75, 3.05) is 13.7 Å². The van der Waals surface area contributed by atoms with Gasteiger partial charge in [0, 0.05) is 0 Å². The van der Waals surface area contributed by atoms with Crippen LogP contribution in [-0.4, -0.2) is 37.5 Å². The largest absolute Gasteiger partial charge is 0.548 e. The van der Waals surface area contributed by atoms with E-state index in [9.17, 15) is 19.5 Å². The number of rotatable bonds is 9. The summed E-state index contributed by atoms with van der Waals surface area (Å²) in [7, 11) is 1.55. The lowest BCUT2D eigenvalue weighted by Crippen LogP contribution is -2.51. The summed E-state index contributed by atoms with van der Waals surface area (Å²) in [4.78, 5) is 35.1. The summed E-state index contributed by atoms with van der Waals surface area (Å²) in [5, 5.41) is 16.1. The van der Waals surface area contributed by atoms with E-state index >= 15 is 0 Å². The molecule has 0 aliphatic rings. The Bertz CT molecular complexity index is 775. The minimum absolute atomic E-state index is 0.102. The first-order valence-electron chi connectivity index (χ1n) is 8.41. The van der Waals surface area contributed by atoms with Gasteiger partial charge in [0.15, 0.2) is 0 Å². The maximum atomic E-state index is 12.0. The van der Waals surface area contributed by atoms with Crippen LogP contribution in [0.25, 0.3) is 0 Å². The van der Waals surface area contributed by atoms with Crippen LogP contribution < -0.4 is 20.5 Å². The molecule has 0 radical (unpaired) electrons. The van der Waals surface area contributed by atoms with Crippen LogP contribution in [0.4, 0.5) is 0 Å². The molecular weight excluding hydrogens is 348 g/mol. The van der Waals surface area contributed by atoms with Crippen molar-refractivity contribution < 1.29 is 24.2 Å². The Balaban J connectivity index is 1.80. The van der Waals surface area contributed by atoms with Crippen molar-refractivity contribution in [3.05, 3.63) is 65.7 Å². The standard InChI is InChI=1S/C20H22N2O5/c1-27-16-9-7-15(8-10-16)12-18(23)21-13-19(24)22-17(20(25)26)11-14-5-3-2-4-6-14/h2-10,17H,11-13H2,1H3,(H,21,23)(H,22,24)(H,25,26)/p-1/t17-/m1/s1. The predicted molar refractivity (Wildman–Crippen MR) is 96.8 cm³/mol. The zero-order valence-electron chi connectivity index (χ0n) is 14.9. The van der Waals surface area contributed by atoms with Gasteiger partial charge >= 0.3 is 0 Å². The summed E-state index contributed by atoms with van der Waals surface area (Å²) in [5.41, 5.74) is 1.53. The van der Waals surface area contributed by atoms with Crippen LogP contribution >= 0.6 is 0 Å². The van der Waals surface area contributed by atoms with Crippen molar-refractivity contribution in [1.29, 1.82) is 0 Å². The zero-order chi connectivity index (χ0) is 19.6. The summed E-state index contributed by atoms with van der Waals surface area (Å²) in [6.07, 6.45) is 0.208. The normalized spacial score (nSPS) is 11.3. The highest BCUT2D eigenvalue weighted by Gasteiger charge is 2.15. The highest BCUT2D eigenvalue weighted by atomic mass is 16.5. The van der Waals surface area contributed by atoms with Crippen LogP contribution in [0.5, 0.6) is 5.75 Å². The Morgan fingerprint density at radius 3 is 2.22 bits per heavy atom. The number of carboxylic acid groups (broad SMARTS) is 1. The number of aliphatic carboxylic acids is 1. The fraction of sp³-hybridized carbons (Fsp3) is 0.250. The third-order valence-corrected chi connectivity index (χ3v) is 3.87. The lowest BCUT2D eigenvalue weighted by molar-refractivity contribution is -0.308. The number of carboxylic acids is 1. The molecule has 142 valence electrons. The van der Waals surface area contributed by atoms with Crippen LogP contribution in [0.15, 0.2) is 54.6 Å². The minimum atomic E-state index is -1.38. The quantitative estimate of drug-likeness (QED) is 0.638. The SMILES string of the molecule is COc1ccc(CC(=O)NCC(=O)N[C@H](Cc2ccccc2)C(=O)[O-])cc1. The Labute approximate surface area is 157 Å². The minimum Gasteiger partial charge on any atom is -0.548 e. The molecule has 0 saturated heterocycles. The number of carbonyl (C=O) groups excluding carboxylic acids is 3. The van der Waals surface area contributed by atoms with E-state index in [1.807, 2.05) is 6.07 Å². The third kappa shape index (κ3) is 6.81. The summed E-state index contributed by atoms with van der Waals surface area (Å²) in [6, 6.07) is 14.7. The number of hydrogen-bond acceptors (Lipinski definition) is 5. The number of nitrogens with one attached hydrogen (secondary N) is 2. The van der Waals surface area contributed by atoms with Crippen molar-refractivity contribution in [2.45, 2.75) is 18.9 Å². The highest BCUT2D eigenvalue weighted by Crippen LogP contribution is 2.11. The highest BCUT2D eigenvalue weighted by molar-refractivity contribution is 5.88. The van der Waals surface area contributed by atoms with Crippen molar-refractivity contribution in [3.8, 4) is 5.75 Å². The van der Waals surface area contributed by atoms with Gasteiger partial charge in [-0.3, -0.25) is 9.59 Å². The Kier molecular flexibility index (Phi) is 7.37. The second-order valence-electron chi connectivity index (χ2n) is 5.93. The van der Waals surface area contributed by atoms with Crippen LogP contribution in [0.1, 0.15) is 11.1 Å². The average Bonchev–Trinajstić information content (AvgIpc) is 2.67. The number of amides is 2. The number of carbonyl (C=O) groups is 3. The molecule has 0 unspecified atom stereocenters. The molecule has 2 N–H and O–H groups in total. The molecule has 0 saturated carbocycles. The van der Waals surface area contributed by atoms with Gasteiger partial charge in [-0.1, -0.05) is 42.5 Å². The van der Waals surface area contributed by atoms with E-state index in [0.29, 0.717) is 5.75 Å². The first kappa shape index (κ1) is 20.0. The summed E-state index contributed by atoms with van der Waals surface area (Å²) >= 11 is 0. The smallest absolute Gasteiger partial charge is 0.239 e. The Hall–Kier alpha value is -3.35. The molecule has 0 bridgehead atoms. The van der Waals surface area contributed by atoms with Gasteiger partial charge in [0.05, 0.1) is 32.1 Å². The topological polar surface area (TPSA) is 108 Å². The molecule has 2 aromatic carbocycles. The molecule has 0 fully saturated rings. The van der Waals surface area contributed by atoms with Gasteiger partial charge in [-0.05, 0) is 29.7 Å². The number of methoxy groups -OCH3 is 1. The van der Waals surface area contributed by atoms with Crippen LogP contribution in [-0.2, 0) is 27.2 Å². The van der Waals surface area contributed by atoms with Crippen molar-refractivity contribution in [2.24, 2.45) is 0 Å². The molecular formula is C20H21N2O5-. The fourth-order valence-corrected chi connectivity index (χ4v) is 2.46. The lowest BCUT2D eigenvalue weighted by Gasteiger charge is -2.20. The maximum absolute atomic E-state index is 12.0. The molecule has 0 aliphatic carbocycles. The van der Waals surface area contributed by atoms with E-state index in [1.165, 1.54) is 0 Å². The molecule has 7 heteroatoms. The number of hydrogen-bond donors (Lipinski definition) is 2. The summed E-state index contributed by atoms with van der Waals surface area (Å²) in [5.74, 6) is -1.63. The molecule has 0 heterocycles. The van der Waals surface area contributed by atoms with Crippen molar-refractivity contribution in [1.82, 2.24) is 10.6 Å². The Morgan fingerprint density at radius 1 is 0.963 bits per heavy atom. The van der Waals surface area contributed by atoms with Crippen LogP contribution in [0.3, 0.4) is 0 Å². The van der Waals surface area contributed by atoms with E-state index in [0.717, 1.165) is 11.1 Å². The molecule has 27 heavy (non-hydrogen) atoms. The molecule has 2 rings (SSSR count). The van der Waals surface area contributed by atoms with Crippen LogP contribution in [0, 0.1) is 0 Å². The fourth-order valence-electron chi connectivity index (χ4n) is 2.46. The van der Waals surface area contributed by atoms with E-state index in [-0.39, 0.29) is 25.3 Å². The molecule has 0 aromatic heterocycles. The predicted octanol–water partition coefficient (Wildman–Crippen LogP) is -0.169. The van der Waals surface area contributed by atoms with Gasteiger partial charge < -0.3 is 25.3 Å². The van der Waals surface area contributed by atoms with Gasteiger partial charge in [-0.25, -0.2) is 0 Å². The van der Waals surface area contributed by atoms with Crippen molar-refractivity contribution >= 4 is 17.8 Å². The first-order chi connectivity index (χ1) is 13.0. The van der Waals surface area contributed by atoms with Gasteiger partial charge in [0.1, 0.15) is 5.75 Å². The molecule has 0 aliphatic heterocycles. The number of benzene rings is 2. The van der Waals surface area contributed by atoms with Gasteiger partial charge in [0.25, 0.3) is 0 Å². The maximum Gasteiger partial charge on any atom is 0.239 e. The van der Waals surface area contributed by atoms with Gasteiger partial charge in [-0.2, -0.15) is 0 Å².